The van der Waals surface area contributed by atoms with Crippen molar-refractivity contribution < 1.29 is 29.3 Å². The van der Waals surface area contributed by atoms with Crippen LogP contribution in [0.25, 0.3) is 0 Å². The normalized spacial score (nSPS) is 15.3. The lowest BCUT2D eigenvalue weighted by Gasteiger charge is -2.54. The molecule has 0 fully saturated rings. The van der Waals surface area contributed by atoms with Crippen molar-refractivity contribution in [3.8, 4) is 0 Å². The Hall–Kier alpha value is -2.77. The molecule has 0 bridgehead atoms. The van der Waals surface area contributed by atoms with E-state index in [1.165, 1.54) is 4.90 Å². The van der Waals surface area contributed by atoms with Crippen molar-refractivity contribution in [1.29, 1.82) is 0 Å². The quantitative estimate of drug-likeness (QED) is 0.494. The molecule has 0 aliphatic rings. The molecule has 186 valence electrons. The van der Waals surface area contributed by atoms with Crippen molar-refractivity contribution in [1.82, 2.24) is 4.90 Å². The average molecular weight is 465 g/mol. The van der Waals surface area contributed by atoms with E-state index in [0.29, 0.717) is 11.3 Å². The molecular weight excluding hydrogens is 424 g/mol. The molecule has 1 aromatic carbocycles. The number of carbonyl (C=O) groups is 3. The number of hydrogen-bond acceptors (Lipinski definition) is 5. The van der Waals surface area contributed by atoms with Gasteiger partial charge in [-0.3, -0.25) is 9.69 Å². The molecule has 1 aromatic rings. The van der Waals surface area contributed by atoms with E-state index >= 15 is 0 Å². The number of nitrogens with zero attached hydrogens (tertiary/aromatic N) is 1. The summed E-state index contributed by atoms with van der Waals surface area (Å²) in [7, 11) is 0. The Labute approximate surface area is 197 Å². The van der Waals surface area contributed by atoms with Gasteiger partial charge in [-0.25, -0.2) is 9.59 Å². The van der Waals surface area contributed by atoms with Gasteiger partial charge in [0.05, 0.1) is 5.92 Å². The Morgan fingerprint density at radius 1 is 0.939 bits per heavy atom. The van der Waals surface area contributed by atoms with Gasteiger partial charge >= 0.3 is 18.0 Å². The zero-order valence-electron chi connectivity index (χ0n) is 21.4. The van der Waals surface area contributed by atoms with Crippen molar-refractivity contribution in [3.63, 3.8) is 0 Å². The molecule has 8 nitrogen and oxygen atoms in total. The Morgan fingerprint density at radius 2 is 1.42 bits per heavy atom. The van der Waals surface area contributed by atoms with E-state index in [9.17, 15) is 24.6 Å². The van der Waals surface area contributed by atoms with E-state index in [2.05, 4.69) is 0 Å². The van der Waals surface area contributed by atoms with Crippen molar-refractivity contribution in [2.24, 2.45) is 11.3 Å². The first-order valence-corrected chi connectivity index (χ1v) is 11.1. The first-order chi connectivity index (χ1) is 14.7. The van der Waals surface area contributed by atoms with Crippen LogP contribution in [0.4, 0.5) is 10.5 Å². The number of amides is 1. The lowest BCUT2D eigenvalue weighted by atomic mass is 9.66. The molecule has 4 N–H and O–H groups in total. The SMILES string of the molecule is CC(C)(C)OC(=O)N(C(C)(C)C)[C@@](CC(Cc1ccc(N)cc1)C(=O)O)(C(=O)O)C(C)(C)C. The molecule has 0 heterocycles. The minimum atomic E-state index is -1.87. The van der Waals surface area contributed by atoms with Crippen molar-refractivity contribution >= 4 is 23.7 Å². The second-order valence-electron chi connectivity index (χ2n) is 11.6. The Bertz CT molecular complexity index is 859. The summed E-state index contributed by atoms with van der Waals surface area (Å²) in [5.74, 6) is -3.49. The highest BCUT2D eigenvalue weighted by atomic mass is 16.6. The molecule has 1 unspecified atom stereocenters. The third-order valence-electron chi connectivity index (χ3n) is 5.58. The predicted molar refractivity (Wildman–Crippen MR) is 128 cm³/mol. The number of benzene rings is 1. The van der Waals surface area contributed by atoms with Gasteiger partial charge in [0.2, 0.25) is 0 Å². The zero-order valence-corrected chi connectivity index (χ0v) is 21.4. The second kappa shape index (κ2) is 9.61. The van der Waals surface area contributed by atoms with Crippen molar-refractivity contribution in [3.05, 3.63) is 29.8 Å². The van der Waals surface area contributed by atoms with Crippen molar-refractivity contribution in [2.75, 3.05) is 5.73 Å². The molecule has 1 rings (SSSR count). The molecular formula is C25H40N2O6. The lowest BCUT2D eigenvalue weighted by Crippen LogP contribution is -2.70. The summed E-state index contributed by atoms with van der Waals surface area (Å²) in [6, 6.07) is 6.79. The van der Waals surface area contributed by atoms with E-state index in [1.807, 2.05) is 0 Å². The van der Waals surface area contributed by atoms with Crippen LogP contribution in [-0.4, -0.2) is 49.8 Å². The number of carbonyl (C=O) groups excluding carboxylic acids is 1. The maximum Gasteiger partial charge on any atom is 0.411 e. The number of hydrogen-bond donors (Lipinski definition) is 3. The molecule has 1 amide bonds. The summed E-state index contributed by atoms with van der Waals surface area (Å²) in [4.78, 5) is 40.0. The van der Waals surface area contributed by atoms with Gasteiger partial charge in [0.25, 0.3) is 0 Å². The molecule has 0 aliphatic heterocycles. The molecule has 0 spiro atoms. The standard InChI is InChI=1S/C25H40N2O6/c1-22(2,3)25(20(30)31,27(23(4,5)6)21(32)33-24(7,8)9)15-17(19(28)29)14-16-10-12-18(26)13-11-16/h10-13,17H,14-15,26H2,1-9H3,(H,28,29)(H,30,31)/t17?,25-/m0/s1. The highest BCUT2D eigenvalue weighted by Crippen LogP contribution is 2.45. The lowest BCUT2D eigenvalue weighted by molar-refractivity contribution is -0.170. The van der Waals surface area contributed by atoms with Gasteiger partial charge in [-0.15, -0.1) is 0 Å². The maximum atomic E-state index is 13.4. The van der Waals surface area contributed by atoms with Gasteiger partial charge in [0.1, 0.15) is 11.1 Å². The summed E-state index contributed by atoms with van der Waals surface area (Å²) in [5.41, 5.74) is 2.26. The molecule has 0 aliphatic carbocycles. The third kappa shape index (κ3) is 6.85. The van der Waals surface area contributed by atoms with E-state index in [0.717, 1.165) is 0 Å². The zero-order chi connectivity index (χ0) is 26.0. The Morgan fingerprint density at radius 3 is 1.76 bits per heavy atom. The largest absolute Gasteiger partial charge is 0.481 e. The molecule has 8 heteroatoms. The topological polar surface area (TPSA) is 130 Å². The molecule has 0 radical (unpaired) electrons. The van der Waals surface area contributed by atoms with Gasteiger partial charge in [-0.2, -0.15) is 0 Å². The third-order valence-corrected chi connectivity index (χ3v) is 5.58. The summed E-state index contributed by atoms with van der Waals surface area (Å²) >= 11 is 0. The summed E-state index contributed by atoms with van der Waals surface area (Å²) in [6.07, 6.45) is -1.02. The molecule has 0 aromatic heterocycles. The summed E-state index contributed by atoms with van der Waals surface area (Å²) < 4.78 is 5.61. The summed E-state index contributed by atoms with van der Waals surface area (Å²) in [5, 5.41) is 20.7. The number of carboxylic acid groups (broad SMARTS) is 2. The Balaban J connectivity index is 3.70. The average Bonchev–Trinajstić information content (AvgIpc) is 2.57. The number of aliphatic carboxylic acids is 2. The fraction of sp³-hybridized carbons (Fsp3) is 0.640. The van der Waals surface area contributed by atoms with E-state index in [-0.39, 0.29) is 12.8 Å². The fourth-order valence-electron chi connectivity index (χ4n) is 4.09. The fourth-order valence-corrected chi connectivity index (χ4v) is 4.09. The van der Waals surface area contributed by atoms with Crippen LogP contribution in [0, 0.1) is 11.3 Å². The van der Waals surface area contributed by atoms with Crippen molar-refractivity contribution in [2.45, 2.75) is 91.8 Å². The molecule has 33 heavy (non-hydrogen) atoms. The number of carboxylic acids is 2. The van der Waals surface area contributed by atoms with E-state index in [1.54, 1.807) is 86.6 Å². The monoisotopic (exact) mass is 464 g/mol. The number of nitrogen functional groups attached to an aromatic ring is 1. The summed E-state index contributed by atoms with van der Waals surface area (Å²) in [6.45, 7) is 15.4. The smallest absolute Gasteiger partial charge is 0.411 e. The number of rotatable bonds is 7. The number of ether oxygens (including phenoxy) is 1. The van der Waals surface area contributed by atoms with Crippen LogP contribution in [0.3, 0.4) is 0 Å². The van der Waals surface area contributed by atoms with Crippen LogP contribution in [0.5, 0.6) is 0 Å². The Kier molecular flexibility index (Phi) is 8.23. The maximum absolute atomic E-state index is 13.4. The van der Waals surface area contributed by atoms with Gasteiger partial charge in [-0.1, -0.05) is 32.9 Å². The molecule has 0 saturated carbocycles. The minimum Gasteiger partial charge on any atom is -0.481 e. The van der Waals surface area contributed by atoms with E-state index in [4.69, 9.17) is 10.5 Å². The van der Waals surface area contributed by atoms with Gasteiger partial charge in [-0.05, 0) is 77.5 Å². The minimum absolute atomic E-state index is 0.0903. The number of nitrogens with two attached hydrogens (primary N) is 1. The second-order valence-corrected chi connectivity index (χ2v) is 11.6. The van der Waals surface area contributed by atoms with E-state index < -0.39 is 46.0 Å². The van der Waals surface area contributed by atoms with Crippen LogP contribution >= 0.6 is 0 Å². The van der Waals surface area contributed by atoms with Crippen LogP contribution in [0.15, 0.2) is 24.3 Å². The first-order valence-electron chi connectivity index (χ1n) is 11.1. The molecule has 2 atom stereocenters. The first kappa shape index (κ1) is 28.3. The highest BCUT2D eigenvalue weighted by molar-refractivity contribution is 5.87. The van der Waals surface area contributed by atoms with Crippen LogP contribution in [0.1, 0.15) is 74.3 Å². The van der Waals surface area contributed by atoms with Crippen LogP contribution in [-0.2, 0) is 20.7 Å². The van der Waals surface area contributed by atoms with Gasteiger partial charge in [0, 0.05) is 11.2 Å². The number of anilines is 1. The molecule has 0 saturated heterocycles. The predicted octanol–water partition coefficient (Wildman–Crippen LogP) is 4.81. The van der Waals surface area contributed by atoms with Crippen LogP contribution < -0.4 is 5.73 Å². The highest BCUT2D eigenvalue weighted by Gasteiger charge is 2.60. The van der Waals surface area contributed by atoms with Crippen LogP contribution in [0.2, 0.25) is 0 Å². The van der Waals surface area contributed by atoms with Gasteiger partial charge in [0.15, 0.2) is 0 Å². The van der Waals surface area contributed by atoms with Gasteiger partial charge < -0.3 is 20.7 Å².